The molecule has 0 fully saturated rings. The first-order valence-corrected chi connectivity index (χ1v) is 7.79. The fourth-order valence-electron chi connectivity index (χ4n) is 2.28. The van der Waals surface area contributed by atoms with Gasteiger partial charge in [0.15, 0.2) is 0 Å². The van der Waals surface area contributed by atoms with Gasteiger partial charge in [0.1, 0.15) is 5.82 Å². The van der Waals surface area contributed by atoms with Gasteiger partial charge in [0.2, 0.25) is 0 Å². The molecule has 0 aliphatic heterocycles. The summed E-state index contributed by atoms with van der Waals surface area (Å²) in [5.74, 6) is -0.195. The molecule has 0 aliphatic rings. The molecule has 1 atom stereocenters. The molecule has 1 N–H and O–H groups in total. The van der Waals surface area contributed by atoms with Crippen LogP contribution in [0.2, 0.25) is 10.0 Å². The van der Waals surface area contributed by atoms with E-state index in [0.29, 0.717) is 22.0 Å². The molecule has 0 bridgehead atoms. The number of hydrogen-bond donors (Lipinski definition) is 1. The van der Waals surface area contributed by atoms with Gasteiger partial charge in [-0.3, -0.25) is 0 Å². The minimum absolute atomic E-state index is 0.0620. The van der Waals surface area contributed by atoms with Crippen molar-refractivity contribution in [2.75, 3.05) is 6.54 Å². The fourth-order valence-corrected chi connectivity index (χ4v) is 2.71. The van der Waals surface area contributed by atoms with Crippen molar-refractivity contribution in [2.24, 2.45) is 0 Å². The number of benzene rings is 2. The van der Waals surface area contributed by atoms with Crippen molar-refractivity contribution >= 4 is 23.2 Å². The Balaban J connectivity index is 2.30. The summed E-state index contributed by atoms with van der Waals surface area (Å²) >= 11 is 12.4. The molecule has 2 rings (SSSR count). The first-order valence-electron chi connectivity index (χ1n) is 7.03. The standard InChI is InChI=1S/C17H18Cl2FN/c1-2-9-21-17(10-12-5-3-4-6-16(12)20)14-11-13(18)7-8-15(14)19/h3-8,11,17,21H,2,9-10H2,1H3. The smallest absolute Gasteiger partial charge is 0.126 e. The first-order chi connectivity index (χ1) is 10.1. The van der Waals surface area contributed by atoms with Crippen LogP contribution in [-0.4, -0.2) is 6.54 Å². The Bertz CT molecular complexity index is 601. The van der Waals surface area contributed by atoms with E-state index in [1.807, 2.05) is 12.1 Å². The van der Waals surface area contributed by atoms with Crippen molar-refractivity contribution in [3.05, 3.63) is 69.5 Å². The predicted octanol–water partition coefficient (Wildman–Crippen LogP) is 5.42. The van der Waals surface area contributed by atoms with E-state index < -0.39 is 0 Å². The van der Waals surface area contributed by atoms with Crippen LogP contribution in [0.5, 0.6) is 0 Å². The lowest BCUT2D eigenvalue weighted by Crippen LogP contribution is -2.24. The first kappa shape index (κ1) is 16.3. The van der Waals surface area contributed by atoms with Crippen molar-refractivity contribution in [1.29, 1.82) is 0 Å². The molecule has 21 heavy (non-hydrogen) atoms. The van der Waals surface area contributed by atoms with Crippen molar-refractivity contribution in [2.45, 2.75) is 25.8 Å². The third-order valence-electron chi connectivity index (χ3n) is 3.36. The van der Waals surface area contributed by atoms with Crippen LogP contribution >= 0.6 is 23.2 Å². The highest BCUT2D eigenvalue weighted by atomic mass is 35.5. The molecule has 4 heteroatoms. The molecule has 0 aromatic heterocycles. The summed E-state index contributed by atoms with van der Waals surface area (Å²) in [6.07, 6.45) is 1.53. The maximum Gasteiger partial charge on any atom is 0.126 e. The van der Waals surface area contributed by atoms with Crippen molar-refractivity contribution < 1.29 is 4.39 Å². The molecule has 0 radical (unpaired) electrons. The maximum atomic E-state index is 13.9. The Kier molecular flexibility index (Phi) is 6.04. The summed E-state index contributed by atoms with van der Waals surface area (Å²) in [4.78, 5) is 0. The summed E-state index contributed by atoms with van der Waals surface area (Å²) in [5, 5.41) is 4.69. The number of halogens is 3. The van der Waals surface area contributed by atoms with E-state index in [0.717, 1.165) is 18.5 Å². The summed E-state index contributed by atoms with van der Waals surface area (Å²) < 4.78 is 13.9. The zero-order chi connectivity index (χ0) is 15.2. The molecule has 1 unspecified atom stereocenters. The fraction of sp³-hybridized carbons (Fsp3) is 0.294. The van der Waals surface area contributed by atoms with Crippen LogP contribution in [0.3, 0.4) is 0 Å². The molecule has 0 heterocycles. The van der Waals surface area contributed by atoms with Gasteiger partial charge in [-0.15, -0.1) is 0 Å². The predicted molar refractivity (Wildman–Crippen MR) is 87.6 cm³/mol. The Morgan fingerprint density at radius 3 is 2.62 bits per heavy atom. The van der Waals surface area contributed by atoms with E-state index in [9.17, 15) is 4.39 Å². The van der Waals surface area contributed by atoms with Crippen LogP contribution in [0.1, 0.15) is 30.5 Å². The van der Waals surface area contributed by atoms with Gasteiger partial charge in [0.05, 0.1) is 0 Å². The van der Waals surface area contributed by atoms with Crippen molar-refractivity contribution in [1.82, 2.24) is 5.32 Å². The van der Waals surface area contributed by atoms with Crippen LogP contribution in [0.4, 0.5) is 4.39 Å². The highest BCUT2D eigenvalue weighted by Gasteiger charge is 2.17. The average Bonchev–Trinajstić information content (AvgIpc) is 2.48. The molecule has 1 nitrogen and oxygen atoms in total. The lowest BCUT2D eigenvalue weighted by molar-refractivity contribution is 0.513. The quantitative estimate of drug-likeness (QED) is 0.748. The summed E-state index contributed by atoms with van der Waals surface area (Å²) in [5.41, 5.74) is 1.57. The summed E-state index contributed by atoms with van der Waals surface area (Å²) in [6, 6.07) is 12.1. The molecule has 0 amide bonds. The lowest BCUT2D eigenvalue weighted by Gasteiger charge is -2.21. The second-order valence-electron chi connectivity index (χ2n) is 4.97. The normalized spacial score (nSPS) is 12.4. The van der Waals surface area contributed by atoms with E-state index in [-0.39, 0.29) is 11.9 Å². The van der Waals surface area contributed by atoms with Gasteiger partial charge in [0.25, 0.3) is 0 Å². The second-order valence-corrected chi connectivity index (χ2v) is 5.81. The van der Waals surface area contributed by atoms with E-state index in [4.69, 9.17) is 23.2 Å². The molecule has 112 valence electrons. The van der Waals surface area contributed by atoms with Crippen molar-refractivity contribution in [3.8, 4) is 0 Å². The molecule has 0 aliphatic carbocycles. The highest BCUT2D eigenvalue weighted by molar-refractivity contribution is 6.33. The zero-order valence-corrected chi connectivity index (χ0v) is 13.4. The van der Waals surface area contributed by atoms with E-state index in [2.05, 4.69) is 12.2 Å². The summed E-state index contributed by atoms with van der Waals surface area (Å²) in [7, 11) is 0. The molecular formula is C17H18Cl2FN. The third kappa shape index (κ3) is 4.44. The molecule has 2 aromatic carbocycles. The van der Waals surface area contributed by atoms with Crippen molar-refractivity contribution in [3.63, 3.8) is 0 Å². The topological polar surface area (TPSA) is 12.0 Å². The lowest BCUT2D eigenvalue weighted by atomic mass is 9.98. The van der Waals surface area contributed by atoms with Crippen LogP contribution < -0.4 is 5.32 Å². The Hall–Kier alpha value is -1.09. The largest absolute Gasteiger partial charge is 0.310 e. The monoisotopic (exact) mass is 325 g/mol. The molecule has 0 spiro atoms. The van der Waals surface area contributed by atoms with Crippen LogP contribution in [-0.2, 0) is 6.42 Å². The van der Waals surface area contributed by atoms with Gasteiger partial charge < -0.3 is 5.32 Å². The minimum Gasteiger partial charge on any atom is -0.310 e. The van der Waals surface area contributed by atoms with Gasteiger partial charge in [-0.05, 0) is 54.8 Å². The molecular weight excluding hydrogens is 308 g/mol. The minimum atomic E-state index is -0.195. The van der Waals surface area contributed by atoms with Crippen LogP contribution in [0.15, 0.2) is 42.5 Å². The summed E-state index contributed by atoms with van der Waals surface area (Å²) in [6.45, 7) is 2.93. The Morgan fingerprint density at radius 1 is 1.14 bits per heavy atom. The van der Waals surface area contributed by atoms with Gasteiger partial charge in [-0.2, -0.15) is 0 Å². The van der Waals surface area contributed by atoms with E-state index >= 15 is 0 Å². The molecule has 0 saturated carbocycles. The number of rotatable bonds is 6. The highest BCUT2D eigenvalue weighted by Crippen LogP contribution is 2.29. The van der Waals surface area contributed by atoms with Gasteiger partial charge in [0, 0.05) is 16.1 Å². The molecule has 0 saturated heterocycles. The van der Waals surface area contributed by atoms with Gasteiger partial charge in [-0.25, -0.2) is 4.39 Å². The van der Waals surface area contributed by atoms with E-state index in [1.54, 1.807) is 24.3 Å². The van der Waals surface area contributed by atoms with E-state index in [1.165, 1.54) is 6.07 Å². The average molecular weight is 326 g/mol. The zero-order valence-electron chi connectivity index (χ0n) is 11.9. The number of nitrogens with one attached hydrogen (secondary N) is 1. The SMILES string of the molecule is CCCNC(Cc1ccccc1F)c1cc(Cl)ccc1Cl. The third-order valence-corrected chi connectivity index (χ3v) is 3.94. The molecule has 2 aromatic rings. The second kappa shape index (κ2) is 7.79. The van der Waals surface area contributed by atoms with Crippen LogP contribution in [0, 0.1) is 5.82 Å². The Labute approximate surface area is 135 Å². The van der Waals surface area contributed by atoms with Gasteiger partial charge >= 0.3 is 0 Å². The number of hydrogen-bond acceptors (Lipinski definition) is 1. The van der Waals surface area contributed by atoms with Crippen LogP contribution in [0.25, 0.3) is 0 Å². The maximum absolute atomic E-state index is 13.9. The van der Waals surface area contributed by atoms with Gasteiger partial charge in [-0.1, -0.05) is 48.3 Å². The Morgan fingerprint density at radius 2 is 1.90 bits per heavy atom.